The highest BCUT2D eigenvalue weighted by molar-refractivity contribution is 5.66. The van der Waals surface area contributed by atoms with Gasteiger partial charge in [-0.2, -0.15) is 4.39 Å². The number of unbranched alkanes of at least 4 members (excludes halogenated alkanes) is 6. The average Bonchev–Trinajstić information content (AvgIpc) is 2.86. The molecule has 192 valence electrons. The maximum Gasteiger partial charge on any atom is 0.201 e. The maximum atomic E-state index is 15.0. The van der Waals surface area contributed by atoms with Crippen molar-refractivity contribution in [2.24, 2.45) is 5.92 Å². The molecule has 0 amide bonds. The summed E-state index contributed by atoms with van der Waals surface area (Å²) in [7, 11) is 0. The van der Waals surface area contributed by atoms with Crippen LogP contribution in [0, 0.1) is 29.2 Å². The third-order valence-corrected chi connectivity index (χ3v) is 7.13. The van der Waals surface area contributed by atoms with Gasteiger partial charge < -0.3 is 4.74 Å². The minimum atomic E-state index is -1.22. The molecule has 1 fully saturated rings. The van der Waals surface area contributed by atoms with Crippen LogP contribution in [0.15, 0.2) is 36.4 Å². The summed E-state index contributed by atoms with van der Waals surface area (Å²) in [5.74, 6) is -4.27. The first-order valence-corrected chi connectivity index (χ1v) is 13.2. The van der Waals surface area contributed by atoms with Gasteiger partial charge in [-0.15, -0.1) is 0 Å². The summed E-state index contributed by atoms with van der Waals surface area (Å²) < 4.78 is 64.9. The highest BCUT2D eigenvalue weighted by Gasteiger charge is 2.27. The van der Waals surface area contributed by atoms with E-state index in [0.717, 1.165) is 44.9 Å². The fraction of sp³-hybridized carbons (Fsp3) is 0.533. The number of halogens is 4. The molecule has 1 saturated carbocycles. The molecule has 0 saturated heterocycles. The average molecular weight is 491 g/mol. The Morgan fingerprint density at radius 3 is 2.00 bits per heavy atom. The predicted molar refractivity (Wildman–Crippen MR) is 135 cm³/mol. The van der Waals surface area contributed by atoms with E-state index < -0.39 is 23.3 Å². The maximum absolute atomic E-state index is 15.0. The Bertz CT molecular complexity index is 977. The van der Waals surface area contributed by atoms with Crippen molar-refractivity contribution in [2.45, 2.75) is 90.4 Å². The second kappa shape index (κ2) is 13.7. The van der Waals surface area contributed by atoms with Gasteiger partial charge in [0.2, 0.25) is 5.82 Å². The number of benzene rings is 2. The van der Waals surface area contributed by atoms with Gasteiger partial charge in [0, 0.05) is 11.1 Å². The second-order valence-electron chi connectivity index (χ2n) is 9.68. The van der Waals surface area contributed by atoms with E-state index in [1.807, 2.05) is 13.0 Å². The highest BCUT2D eigenvalue weighted by Crippen LogP contribution is 2.40. The van der Waals surface area contributed by atoms with Gasteiger partial charge in [-0.25, -0.2) is 13.2 Å². The smallest absolute Gasteiger partial charge is 0.201 e. The van der Waals surface area contributed by atoms with Crippen molar-refractivity contribution in [3.8, 4) is 16.9 Å². The van der Waals surface area contributed by atoms with Crippen molar-refractivity contribution in [2.75, 3.05) is 6.61 Å². The first-order valence-electron chi connectivity index (χ1n) is 13.2. The van der Waals surface area contributed by atoms with Crippen molar-refractivity contribution >= 4 is 0 Å². The van der Waals surface area contributed by atoms with Crippen LogP contribution < -0.4 is 4.74 Å². The number of allylic oxidation sites excluding steroid dienone is 2. The molecule has 1 aliphatic carbocycles. The lowest BCUT2D eigenvalue weighted by atomic mass is 9.78. The van der Waals surface area contributed by atoms with E-state index in [4.69, 9.17) is 4.74 Å². The lowest BCUT2D eigenvalue weighted by molar-refractivity contribution is 0.285. The molecule has 35 heavy (non-hydrogen) atoms. The molecule has 0 heterocycles. The fourth-order valence-electron chi connectivity index (χ4n) is 5.08. The van der Waals surface area contributed by atoms with Gasteiger partial charge >= 0.3 is 0 Å². The number of hydrogen-bond acceptors (Lipinski definition) is 1. The minimum absolute atomic E-state index is 0.0657. The molecule has 0 spiro atoms. The zero-order valence-electron chi connectivity index (χ0n) is 21.0. The van der Waals surface area contributed by atoms with Crippen LogP contribution in [0.1, 0.15) is 96.0 Å². The summed E-state index contributed by atoms with van der Waals surface area (Å²) in [5.41, 5.74) is -0.255. The van der Waals surface area contributed by atoms with Crippen LogP contribution in [0.4, 0.5) is 17.6 Å². The molecule has 2 aromatic carbocycles. The van der Waals surface area contributed by atoms with E-state index in [9.17, 15) is 13.2 Å². The van der Waals surface area contributed by atoms with Crippen LogP contribution in [0.3, 0.4) is 0 Å². The van der Waals surface area contributed by atoms with Crippen LogP contribution in [0.25, 0.3) is 11.1 Å². The number of ether oxygens (including phenoxy) is 1. The van der Waals surface area contributed by atoms with Gasteiger partial charge in [-0.05, 0) is 68.6 Å². The largest absolute Gasteiger partial charge is 0.490 e. The first kappa shape index (κ1) is 27.3. The fourth-order valence-corrected chi connectivity index (χ4v) is 5.08. The molecule has 1 nitrogen and oxygen atoms in total. The molecule has 0 radical (unpaired) electrons. The normalized spacial score (nSPS) is 18.3. The highest BCUT2D eigenvalue weighted by atomic mass is 19.2. The standard InChI is InChI=1S/C30H38F4O/c1-3-5-6-7-8-9-10-20-35-26-19-18-25(29(33)30(26)34)24-17-16-23(27(31)28(24)32)22-14-12-21(11-4-2)13-15-22/h4,11,16-19,21-22H,3,5-10,12-15,20H2,1-2H3/b11-4+. The van der Waals surface area contributed by atoms with E-state index in [-0.39, 0.29) is 29.4 Å². The van der Waals surface area contributed by atoms with E-state index in [1.54, 1.807) is 0 Å². The molecule has 1 aliphatic rings. The van der Waals surface area contributed by atoms with Gasteiger partial charge in [-0.3, -0.25) is 0 Å². The van der Waals surface area contributed by atoms with E-state index in [2.05, 4.69) is 13.0 Å². The van der Waals surface area contributed by atoms with Crippen LogP contribution in [-0.2, 0) is 0 Å². The zero-order valence-corrected chi connectivity index (χ0v) is 21.0. The number of rotatable bonds is 12. The molecule has 0 bridgehead atoms. The Morgan fingerprint density at radius 1 is 0.743 bits per heavy atom. The Labute approximate surface area is 207 Å². The van der Waals surface area contributed by atoms with Crippen molar-refractivity contribution in [3.63, 3.8) is 0 Å². The molecule has 3 rings (SSSR count). The van der Waals surface area contributed by atoms with Crippen LogP contribution in [0.2, 0.25) is 0 Å². The summed E-state index contributed by atoms with van der Waals surface area (Å²) in [6.07, 6.45) is 15.2. The third kappa shape index (κ3) is 7.11. The van der Waals surface area contributed by atoms with E-state index in [0.29, 0.717) is 11.5 Å². The lowest BCUT2D eigenvalue weighted by Crippen LogP contribution is -2.13. The minimum Gasteiger partial charge on any atom is -0.490 e. The summed E-state index contributed by atoms with van der Waals surface area (Å²) in [4.78, 5) is 0. The van der Waals surface area contributed by atoms with Crippen LogP contribution >= 0.6 is 0 Å². The van der Waals surface area contributed by atoms with E-state index in [1.165, 1.54) is 49.9 Å². The number of hydrogen-bond donors (Lipinski definition) is 0. The van der Waals surface area contributed by atoms with Crippen molar-refractivity contribution in [1.29, 1.82) is 0 Å². The summed E-state index contributed by atoms with van der Waals surface area (Å²) in [6, 6.07) is 5.44. The SMILES string of the molecule is C/C=C/C1CCC(c2ccc(-c3ccc(OCCCCCCCCC)c(F)c3F)c(F)c2F)CC1. The molecular formula is C30H38F4O. The van der Waals surface area contributed by atoms with Gasteiger partial charge in [-0.1, -0.05) is 69.7 Å². The summed E-state index contributed by atoms with van der Waals surface area (Å²) in [6.45, 7) is 4.44. The Balaban J connectivity index is 1.64. The first-order chi connectivity index (χ1) is 17.0. The van der Waals surface area contributed by atoms with Gasteiger partial charge in [0.15, 0.2) is 23.2 Å². The topological polar surface area (TPSA) is 9.23 Å². The van der Waals surface area contributed by atoms with Crippen molar-refractivity contribution < 1.29 is 22.3 Å². The predicted octanol–water partition coefficient (Wildman–Crippen LogP) is 9.89. The van der Waals surface area contributed by atoms with E-state index >= 15 is 4.39 Å². The molecule has 0 aromatic heterocycles. The Morgan fingerprint density at radius 2 is 1.34 bits per heavy atom. The van der Waals surface area contributed by atoms with Crippen molar-refractivity contribution in [1.82, 2.24) is 0 Å². The molecule has 0 atom stereocenters. The quantitative estimate of drug-likeness (QED) is 0.163. The summed E-state index contributed by atoms with van der Waals surface area (Å²) in [5, 5.41) is 0. The molecule has 0 aliphatic heterocycles. The lowest BCUT2D eigenvalue weighted by Gasteiger charge is -2.27. The molecule has 0 unspecified atom stereocenters. The van der Waals surface area contributed by atoms with Crippen molar-refractivity contribution in [3.05, 3.63) is 65.2 Å². The second-order valence-corrected chi connectivity index (χ2v) is 9.68. The Hall–Kier alpha value is -2.30. The van der Waals surface area contributed by atoms with Gasteiger partial charge in [0.1, 0.15) is 0 Å². The van der Waals surface area contributed by atoms with Crippen LogP contribution in [0.5, 0.6) is 5.75 Å². The molecule has 2 aromatic rings. The zero-order chi connectivity index (χ0) is 25.2. The van der Waals surface area contributed by atoms with Crippen LogP contribution in [-0.4, -0.2) is 6.61 Å². The molecule has 5 heteroatoms. The monoisotopic (exact) mass is 490 g/mol. The Kier molecular flexibility index (Phi) is 10.7. The summed E-state index contributed by atoms with van der Waals surface area (Å²) >= 11 is 0. The molecular weight excluding hydrogens is 452 g/mol. The third-order valence-electron chi connectivity index (χ3n) is 7.13. The molecule has 0 N–H and O–H groups in total. The van der Waals surface area contributed by atoms with Gasteiger partial charge in [0.25, 0.3) is 0 Å². The van der Waals surface area contributed by atoms with Gasteiger partial charge in [0.05, 0.1) is 6.61 Å².